The molecule has 11 heteroatoms. The summed E-state index contributed by atoms with van der Waals surface area (Å²) in [5, 5.41) is 5.99. The normalized spacial score (nSPS) is 11.6. The molecule has 1 rings (SSSR count). The van der Waals surface area contributed by atoms with Crippen molar-refractivity contribution in [2.45, 2.75) is 239 Å². The molecule has 11 nitrogen and oxygen atoms in total. The van der Waals surface area contributed by atoms with Gasteiger partial charge in [-0.2, -0.15) is 0 Å². The number of esters is 3. The predicted molar refractivity (Wildman–Crippen MR) is 262 cm³/mol. The van der Waals surface area contributed by atoms with Gasteiger partial charge in [-0.25, -0.2) is 0 Å². The average Bonchev–Trinajstić information content (AvgIpc) is 3.28. The molecule has 0 atom stereocenters. The Balaban J connectivity index is 2.59. The van der Waals surface area contributed by atoms with E-state index in [0.717, 1.165) is 161 Å². The molecule has 2 N–H and O–H groups in total. The van der Waals surface area contributed by atoms with Gasteiger partial charge in [0.05, 0.1) is 13.2 Å². The molecular weight excluding hydrogens is 795 g/mol. The fraction of sp³-hybridized carbons (Fsp3) is 0.865. The van der Waals surface area contributed by atoms with Crippen LogP contribution in [0.2, 0.25) is 0 Å². The molecule has 0 amide bonds. The van der Waals surface area contributed by atoms with Crippen molar-refractivity contribution in [3.05, 3.63) is 20.4 Å². The molecule has 0 aliphatic heterocycles. The van der Waals surface area contributed by atoms with E-state index in [1.165, 1.54) is 51.4 Å². The van der Waals surface area contributed by atoms with Crippen molar-refractivity contribution in [2.24, 2.45) is 5.92 Å². The van der Waals surface area contributed by atoms with Crippen molar-refractivity contribution in [3.8, 4) is 0 Å². The highest BCUT2D eigenvalue weighted by Crippen LogP contribution is 2.20. The minimum Gasteiger partial charge on any atom is -0.465 e. The molecule has 1 aromatic rings. The number of nitrogens with zero attached hydrogens (tertiary/aromatic N) is 1. The van der Waals surface area contributed by atoms with E-state index in [2.05, 4.69) is 43.2 Å². The van der Waals surface area contributed by atoms with Crippen LogP contribution in [-0.2, 0) is 28.6 Å². The summed E-state index contributed by atoms with van der Waals surface area (Å²) in [6, 6.07) is 0. The maximum atomic E-state index is 13.0. The lowest BCUT2D eigenvalue weighted by atomic mass is 10.0. The van der Waals surface area contributed by atoms with Gasteiger partial charge in [-0.1, -0.05) is 156 Å². The molecule has 63 heavy (non-hydrogen) atoms. The van der Waals surface area contributed by atoms with Crippen molar-refractivity contribution in [1.82, 2.24) is 4.90 Å². The molecule has 0 saturated carbocycles. The maximum Gasteiger partial charge on any atom is 0.320 e. The van der Waals surface area contributed by atoms with E-state index >= 15 is 0 Å². The molecule has 0 fully saturated rings. The van der Waals surface area contributed by atoms with Gasteiger partial charge in [0.15, 0.2) is 5.92 Å². The lowest BCUT2D eigenvalue weighted by Crippen LogP contribution is -2.37. The SMILES string of the molecule is CCCCCCCC(CCCCCCC)OC(=O)CCCCCCCN(CCCCCCC(C(=O)OCCCCCC)C(=O)OCCCCCC)CCCNc1c(NC)c(=O)c1=O. The Hall–Kier alpha value is -2.95. The van der Waals surface area contributed by atoms with E-state index < -0.39 is 28.7 Å². The Morgan fingerprint density at radius 1 is 0.492 bits per heavy atom. The fourth-order valence-corrected chi connectivity index (χ4v) is 8.22. The number of nitrogens with one attached hydrogen (secondary N) is 2. The third kappa shape index (κ3) is 29.3. The quantitative estimate of drug-likeness (QED) is 0.0212. The first-order chi connectivity index (χ1) is 30.7. The zero-order valence-electron chi connectivity index (χ0n) is 41.2. The molecule has 0 unspecified atom stereocenters. The number of carbonyl (C=O) groups is 3. The first-order valence-electron chi connectivity index (χ1n) is 26.2. The lowest BCUT2D eigenvalue weighted by molar-refractivity contribution is -0.162. The van der Waals surface area contributed by atoms with Gasteiger partial charge in [-0.05, 0) is 90.3 Å². The molecule has 366 valence electrons. The molecule has 0 bridgehead atoms. The topological polar surface area (TPSA) is 140 Å². The molecule has 1 aromatic carbocycles. The summed E-state index contributed by atoms with van der Waals surface area (Å²) in [6.07, 6.45) is 33.0. The van der Waals surface area contributed by atoms with Gasteiger partial charge in [-0.3, -0.25) is 24.0 Å². The van der Waals surface area contributed by atoms with Gasteiger partial charge in [0.25, 0.3) is 10.9 Å². The van der Waals surface area contributed by atoms with Crippen molar-refractivity contribution in [1.29, 1.82) is 0 Å². The van der Waals surface area contributed by atoms with Crippen molar-refractivity contribution in [2.75, 3.05) is 57.1 Å². The third-order valence-electron chi connectivity index (χ3n) is 12.3. The van der Waals surface area contributed by atoms with Crippen LogP contribution >= 0.6 is 0 Å². The van der Waals surface area contributed by atoms with Crippen LogP contribution in [0.4, 0.5) is 11.4 Å². The Morgan fingerprint density at radius 3 is 1.41 bits per heavy atom. The molecule has 0 spiro atoms. The monoisotopic (exact) mass is 890 g/mol. The van der Waals surface area contributed by atoms with Crippen LogP contribution in [0, 0.1) is 5.92 Å². The first-order valence-corrected chi connectivity index (χ1v) is 26.2. The molecule has 0 aromatic heterocycles. The molecule has 0 saturated heterocycles. The van der Waals surface area contributed by atoms with E-state index in [9.17, 15) is 24.0 Å². The highest BCUT2D eigenvalue weighted by molar-refractivity contribution is 5.94. The second-order valence-corrected chi connectivity index (χ2v) is 18.0. The van der Waals surface area contributed by atoms with Gasteiger partial charge in [0.1, 0.15) is 17.5 Å². The third-order valence-corrected chi connectivity index (χ3v) is 12.3. The molecule has 0 radical (unpaired) electrons. The number of unbranched alkanes of at least 4 members (excludes halogenated alkanes) is 21. The number of anilines is 2. The summed E-state index contributed by atoms with van der Waals surface area (Å²) in [7, 11) is 1.65. The van der Waals surface area contributed by atoms with E-state index in [4.69, 9.17) is 14.2 Å². The first kappa shape index (κ1) is 58.1. The molecule has 0 aliphatic rings. The standard InChI is InChI=1S/C52H95N3O8/c1-6-10-14-19-25-34-44(35-26-20-15-11-7-2)63-46(56)37-28-21-18-23-29-39-55(41-33-38-54-48-47(53-5)49(57)50(48)58)40-30-24-22-27-36-45(51(59)61-42-31-16-12-8-3)52(60)62-43-32-17-13-9-4/h44-45,53-54H,6-43H2,1-5H3. The Labute approximate surface area is 384 Å². The van der Waals surface area contributed by atoms with Crippen molar-refractivity contribution >= 4 is 29.3 Å². The Bertz CT molecular complexity index is 1310. The zero-order valence-corrected chi connectivity index (χ0v) is 41.2. The second kappa shape index (κ2) is 40.6. The van der Waals surface area contributed by atoms with E-state index in [1.807, 2.05) is 0 Å². The Morgan fingerprint density at radius 2 is 0.905 bits per heavy atom. The van der Waals surface area contributed by atoms with E-state index in [1.54, 1.807) is 7.05 Å². The number of hydrogen-bond acceptors (Lipinski definition) is 11. The van der Waals surface area contributed by atoms with Gasteiger partial charge >= 0.3 is 17.9 Å². The lowest BCUT2D eigenvalue weighted by Gasteiger charge is -2.23. The minimum atomic E-state index is -0.861. The number of hydrogen-bond donors (Lipinski definition) is 2. The molecule has 0 heterocycles. The summed E-state index contributed by atoms with van der Waals surface area (Å²) in [4.78, 5) is 65.1. The van der Waals surface area contributed by atoms with Gasteiger partial charge in [-0.15, -0.1) is 0 Å². The van der Waals surface area contributed by atoms with Crippen molar-refractivity contribution in [3.63, 3.8) is 0 Å². The predicted octanol–water partition coefficient (Wildman–Crippen LogP) is 12.2. The van der Waals surface area contributed by atoms with Gasteiger partial charge in [0, 0.05) is 20.0 Å². The molecular formula is C52H95N3O8. The highest BCUT2D eigenvalue weighted by atomic mass is 16.6. The van der Waals surface area contributed by atoms with Crippen LogP contribution in [0.5, 0.6) is 0 Å². The van der Waals surface area contributed by atoms with Crippen LogP contribution in [0.3, 0.4) is 0 Å². The smallest absolute Gasteiger partial charge is 0.320 e. The van der Waals surface area contributed by atoms with E-state index in [-0.39, 0.29) is 12.1 Å². The highest BCUT2D eigenvalue weighted by Gasteiger charge is 2.29. The van der Waals surface area contributed by atoms with Crippen LogP contribution in [0.1, 0.15) is 233 Å². The minimum absolute atomic E-state index is 0.0292. The van der Waals surface area contributed by atoms with Crippen LogP contribution in [-0.4, -0.2) is 75.4 Å². The van der Waals surface area contributed by atoms with Gasteiger partial charge < -0.3 is 29.7 Å². The fourth-order valence-electron chi connectivity index (χ4n) is 8.22. The summed E-state index contributed by atoms with van der Waals surface area (Å²) < 4.78 is 17.1. The number of carbonyl (C=O) groups excluding carboxylic acids is 3. The van der Waals surface area contributed by atoms with Crippen LogP contribution in [0.25, 0.3) is 0 Å². The average molecular weight is 890 g/mol. The molecule has 0 aliphatic carbocycles. The maximum absolute atomic E-state index is 13.0. The van der Waals surface area contributed by atoms with Crippen LogP contribution in [0.15, 0.2) is 9.59 Å². The van der Waals surface area contributed by atoms with Crippen LogP contribution < -0.4 is 21.5 Å². The second-order valence-electron chi connectivity index (χ2n) is 18.0. The number of ether oxygens (including phenoxy) is 3. The van der Waals surface area contributed by atoms with Crippen molar-refractivity contribution < 1.29 is 28.6 Å². The number of rotatable bonds is 46. The van der Waals surface area contributed by atoms with Gasteiger partial charge in [0.2, 0.25) is 0 Å². The Kier molecular flexibility index (Phi) is 37.4. The summed E-state index contributed by atoms with van der Waals surface area (Å²) in [6.45, 7) is 12.9. The largest absolute Gasteiger partial charge is 0.465 e. The summed E-state index contributed by atoms with van der Waals surface area (Å²) in [5.74, 6) is -1.79. The summed E-state index contributed by atoms with van der Waals surface area (Å²) >= 11 is 0. The summed E-state index contributed by atoms with van der Waals surface area (Å²) in [5.41, 5.74) is -0.169. The van der Waals surface area contributed by atoms with E-state index in [0.29, 0.717) is 44.0 Å². The zero-order chi connectivity index (χ0) is 46.2.